The average Bonchev–Trinajstić information content (AvgIpc) is 2.88. The quantitative estimate of drug-likeness (QED) is 0.787. The van der Waals surface area contributed by atoms with Crippen LogP contribution in [0, 0.1) is 0 Å². The summed E-state index contributed by atoms with van der Waals surface area (Å²) in [5.74, 6) is 0. The maximum Gasteiger partial charge on any atom is 0.280 e. The Kier molecular flexibility index (Phi) is 3.77. The molecule has 1 N–H and O–H groups in total. The van der Waals surface area contributed by atoms with Crippen LogP contribution >= 0.6 is 0 Å². The van der Waals surface area contributed by atoms with Gasteiger partial charge in [0, 0.05) is 7.05 Å². The Morgan fingerprint density at radius 2 is 2.00 bits per heavy atom. The third-order valence-corrected chi connectivity index (χ3v) is 3.87. The zero-order valence-electron chi connectivity index (χ0n) is 12.6. The fourth-order valence-corrected chi connectivity index (χ4v) is 2.73. The highest BCUT2D eigenvalue weighted by molar-refractivity contribution is 5.76. The second-order valence-electron chi connectivity index (χ2n) is 5.19. The molecule has 6 nitrogen and oxygen atoms in total. The van der Waals surface area contributed by atoms with Crippen LogP contribution in [0.2, 0.25) is 0 Å². The molecule has 0 spiro atoms. The number of benzene rings is 1. The van der Waals surface area contributed by atoms with Gasteiger partial charge in [-0.25, -0.2) is 4.98 Å². The summed E-state index contributed by atoms with van der Waals surface area (Å²) in [6, 6.07) is 8.99. The third-order valence-electron chi connectivity index (χ3n) is 3.87. The van der Waals surface area contributed by atoms with Gasteiger partial charge in [-0.15, -0.1) is 0 Å². The van der Waals surface area contributed by atoms with Gasteiger partial charge in [0.15, 0.2) is 5.52 Å². The highest BCUT2D eigenvalue weighted by Gasteiger charge is 2.19. The predicted octanol–water partition coefficient (Wildman–Crippen LogP) is 1.27. The van der Waals surface area contributed by atoms with E-state index < -0.39 is 6.04 Å². The van der Waals surface area contributed by atoms with E-state index >= 15 is 0 Å². The number of hydrogen-bond acceptors (Lipinski definition) is 4. The standard InChI is InChI=1S/C16H18N4O2/c1-3-12-14-15(19(2)18-12)16(22)20(10-17-14)13(9-21)11-7-5-4-6-8-11/h4-8,10,13,21H,3,9H2,1-2H3. The summed E-state index contributed by atoms with van der Waals surface area (Å²) < 4.78 is 3.04. The molecule has 0 aliphatic rings. The number of aromatic nitrogens is 4. The van der Waals surface area contributed by atoms with Crippen molar-refractivity contribution in [1.82, 2.24) is 19.3 Å². The average molecular weight is 298 g/mol. The zero-order chi connectivity index (χ0) is 15.7. The van der Waals surface area contributed by atoms with Crippen LogP contribution in [0.3, 0.4) is 0 Å². The summed E-state index contributed by atoms with van der Waals surface area (Å²) in [5.41, 5.74) is 2.58. The molecule has 0 radical (unpaired) electrons. The van der Waals surface area contributed by atoms with Crippen molar-refractivity contribution in [3.05, 3.63) is 58.3 Å². The Bertz CT molecular complexity index is 852. The molecule has 6 heteroatoms. The molecule has 3 rings (SSSR count). The first-order valence-electron chi connectivity index (χ1n) is 7.25. The summed E-state index contributed by atoms with van der Waals surface area (Å²) in [4.78, 5) is 17.2. The minimum absolute atomic E-state index is 0.171. The van der Waals surface area contributed by atoms with Gasteiger partial charge in [-0.05, 0) is 12.0 Å². The number of fused-ring (bicyclic) bond motifs is 1. The fraction of sp³-hybridized carbons (Fsp3) is 0.312. The number of aliphatic hydroxyl groups excluding tert-OH is 1. The summed E-state index contributed by atoms with van der Waals surface area (Å²) in [6.45, 7) is 1.81. The summed E-state index contributed by atoms with van der Waals surface area (Å²) in [5, 5.41) is 14.1. The molecule has 3 aromatic rings. The van der Waals surface area contributed by atoms with Gasteiger partial charge in [-0.2, -0.15) is 5.10 Å². The molecule has 0 fully saturated rings. The number of aliphatic hydroxyl groups is 1. The van der Waals surface area contributed by atoms with Crippen molar-refractivity contribution < 1.29 is 5.11 Å². The molecule has 0 bridgehead atoms. The van der Waals surface area contributed by atoms with E-state index in [9.17, 15) is 9.90 Å². The Balaban J connectivity index is 2.21. The smallest absolute Gasteiger partial charge is 0.280 e. The monoisotopic (exact) mass is 298 g/mol. The van der Waals surface area contributed by atoms with Crippen molar-refractivity contribution in [2.75, 3.05) is 6.61 Å². The van der Waals surface area contributed by atoms with E-state index in [0.717, 1.165) is 17.7 Å². The number of nitrogens with zero attached hydrogens (tertiary/aromatic N) is 4. The SMILES string of the molecule is CCc1nn(C)c2c(=O)n(C(CO)c3ccccc3)cnc12. The van der Waals surface area contributed by atoms with Gasteiger partial charge in [-0.1, -0.05) is 37.3 Å². The molecule has 0 aliphatic carbocycles. The molecule has 114 valence electrons. The summed E-state index contributed by atoms with van der Waals surface area (Å²) in [6.07, 6.45) is 2.22. The second-order valence-corrected chi connectivity index (χ2v) is 5.19. The van der Waals surface area contributed by atoms with Gasteiger partial charge in [0.1, 0.15) is 5.52 Å². The minimum atomic E-state index is -0.453. The van der Waals surface area contributed by atoms with Crippen molar-refractivity contribution in [1.29, 1.82) is 0 Å². The lowest BCUT2D eigenvalue weighted by molar-refractivity contribution is 0.246. The maximum absolute atomic E-state index is 12.8. The molecule has 0 saturated heterocycles. The number of aryl methyl sites for hydroxylation is 2. The Labute approximate surface area is 127 Å². The predicted molar refractivity (Wildman–Crippen MR) is 83.8 cm³/mol. The van der Waals surface area contributed by atoms with E-state index in [1.165, 1.54) is 10.9 Å². The maximum atomic E-state index is 12.8. The van der Waals surface area contributed by atoms with Crippen LogP contribution in [-0.2, 0) is 13.5 Å². The van der Waals surface area contributed by atoms with Gasteiger partial charge in [-0.3, -0.25) is 14.0 Å². The van der Waals surface area contributed by atoms with Crippen LogP contribution in [0.15, 0.2) is 41.5 Å². The molecule has 1 unspecified atom stereocenters. The zero-order valence-corrected chi connectivity index (χ0v) is 12.6. The fourth-order valence-electron chi connectivity index (χ4n) is 2.73. The van der Waals surface area contributed by atoms with Gasteiger partial charge >= 0.3 is 0 Å². The molecular weight excluding hydrogens is 280 g/mol. The molecular formula is C16H18N4O2. The molecule has 2 aromatic heterocycles. The van der Waals surface area contributed by atoms with Crippen molar-refractivity contribution in [2.45, 2.75) is 19.4 Å². The largest absolute Gasteiger partial charge is 0.394 e. The lowest BCUT2D eigenvalue weighted by Gasteiger charge is -2.17. The van der Waals surface area contributed by atoms with Gasteiger partial charge in [0.25, 0.3) is 5.56 Å². The Morgan fingerprint density at radius 3 is 2.64 bits per heavy atom. The molecule has 1 atom stereocenters. The van der Waals surface area contributed by atoms with Crippen molar-refractivity contribution in [3.8, 4) is 0 Å². The number of rotatable bonds is 4. The van der Waals surface area contributed by atoms with E-state index in [4.69, 9.17) is 0 Å². The summed E-state index contributed by atoms with van der Waals surface area (Å²) in [7, 11) is 1.74. The van der Waals surface area contributed by atoms with Crippen molar-refractivity contribution in [3.63, 3.8) is 0 Å². The normalized spacial score (nSPS) is 12.7. The minimum Gasteiger partial charge on any atom is -0.394 e. The summed E-state index contributed by atoms with van der Waals surface area (Å²) >= 11 is 0. The van der Waals surface area contributed by atoms with Crippen molar-refractivity contribution >= 4 is 11.0 Å². The number of hydrogen-bond donors (Lipinski definition) is 1. The highest BCUT2D eigenvalue weighted by Crippen LogP contribution is 2.18. The first-order chi connectivity index (χ1) is 10.7. The van der Waals surface area contributed by atoms with Crippen molar-refractivity contribution in [2.24, 2.45) is 7.05 Å². The second kappa shape index (κ2) is 5.73. The topological polar surface area (TPSA) is 72.9 Å². The van der Waals surface area contributed by atoms with Gasteiger partial charge in [0.05, 0.1) is 24.7 Å². The molecule has 2 heterocycles. The van der Waals surface area contributed by atoms with Crippen LogP contribution < -0.4 is 5.56 Å². The van der Waals surface area contributed by atoms with Crippen LogP contribution in [0.4, 0.5) is 0 Å². The van der Waals surface area contributed by atoms with Crippen LogP contribution in [0.5, 0.6) is 0 Å². The third kappa shape index (κ3) is 2.21. The molecule has 22 heavy (non-hydrogen) atoms. The van der Waals surface area contributed by atoms with E-state index in [2.05, 4.69) is 10.1 Å². The highest BCUT2D eigenvalue weighted by atomic mass is 16.3. The van der Waals surface area contributed by atoms with Crippen LogP contribution in [0.1, 0.15) is 24.2 Å². The Hall–Kier alpha value is -2.47. The van der Waals surface area contributed by atoms with Gasteiger partial charge < -0.3 is 5.11 Å². The Morgan fingerprint density at radius 1 is 1.27 bits per heavy atom. The molecule has 1 aromatic carbocycles. The van der Waals surface area contributed by atoms with E-state index in [-0.39, 0.29) is 12.2 Å². The lowest BCUT2D eigenvalue weighted by atomic mass is 10.1. The molecule has 0 saturated carbocycles. The molecule has 0 amide bonds. The van der Waals surface area contributed by atoms with E-state index in [0.29, 0.717) is 11.0 Å². The first-order valence-corrected chi connectivity index (χ1v) is 7.25. The van der Waals surface area contributed by atoms with Crippen LogP contribution in [-0.4, -0.2) is 31.0 Å². The molecule has 0 aliphatic heterocycles. The van der Waals surface area contributed by atoms with E-state index in [1.54, 1.807) is 11.7 Å². The first kappa shape index (κ1) is 14.5. The van der Waals surface area contributed by atoms with Gasteiger partial charge in [0.2, 0.25) is 0 Å². The lowest BCUT2D eigenvalue weighted by Crippen LogP contribution is -2.29. The van der Waals surface area contributed by atoms with E-state index in [1.807, 2.05) is 37.3 Å². The van der Waals surface area contributed by atoms with Crippen LogP contribution in [0.25, 0.3) is 11.0 Å².